The van der Waals surface area contributed by atoms with Crippen LogP contribution in [0.25, 0.3) is 0 Å². The highest BCUT2D eigenvalue weighted by molar-refractivity contribution is 7.89. The highest BCUT2D eigenvalue weighted by atomic mass is 32.2. The van der Waals surface area contributed by atoms with Crippen molar-refractivity contribution in [2.45, 2.75) is 81.8 Å². The van der Waals surface area contributed by atoms with Gasteiger partial charge in [0.25, 0.3) is 5.91 Å². The van der Waals surface area contributed by atoms with Gasteiger partial charge in [-0.25, -0.2) is 13.1 Å². The molecule has 188 valence electrons. The number of benzene rings is 1. The number of amides is 2. The molecule has 2 atom stereocenters. The molecule has 1 heterocycles. The van der Waals surface area contributed by atoms with E-state index in [1.165, 1.54) is 12.1 Å². The van der Waals surface area contributed by atoms with E-state index in [0.29, 0.717) is 31.3 Å². The number of sulfonamides is 1. The monoisotopic (exact) mass is 491 g/mol. The molecule has 0 spiro atoms. The van der Waals surface area contributed by atoms with Crippen molar-refractivity contribution in [1.29, 1.82) is 0 Å². The lowest BCUT2D eigenvalue weighted by atomic mass is 9.90. The molecule has 1 aliphatic heterocycles. The quantitative estimate of drug-likeness (QED) is 0.698. The second kappa shape index (κ2) is 10.6. The van der Waals surface area contributed by atoms with Gasteiger partial charge in [0.15, 0.2) is 0 Å². The van der Waals surface area contributed by atoms with Crippen LogP contribution < -0.4 is 9.46 Å². The maximum atomic E-state index is 13.4. The standard InChI is InChI=1S/C25H37N3O5S/c1-18(29)28-15-7-3-6-14-27(2)25(30)21-16-20(34(31,32)26-17-19-10-11-19)12-13-23(21)33-24-9-5-4-8-22(24)28/h12-13,16,19,22,24,26H,3-11,14-15,17H2,1-2H3/t22-,24+/m1/s1. The number of nitrogens with one attached hydrogen (secondary N) is 1. The predicted octanol–water partition coefficient (Wildman–Crippen LogP) is 3.17. The van der Waals surface area contributed by atoms with Gasteiger partial charge in [0, 0.05) is 33.6 Å². The molecule has 0 bridgehead atoms. The molecule has 3 aliphatic rings. The van der Waals surface area contributed by atoms with Crippen LogP contribution in [-0.4, -0.2) is 68.9 Å². The van der Waals surface area contributed by atoms with Gasteiger partial charge in [0.05, 0.1) is 16.5 Å². The van der Waals surface area contributed by atoms with Crippen LogP contribution in [0, 0.1) is 5.92 Å². The number of carbonyl (C=O) groups is 2. The summed E-state index contributed by atoms with van der Waals surface area (Å²) in [5.41, 5.74) is 0.259. The minimum absolute atomic E-state index is 0.0451. The van der Waals surface area contributed by atoms with Crippen LogP contribution >= 0.6 is 0 Å². The minimum Gasteiger partial charge on any atom is -0.487 e. The maximum Gasteiger partial charge on any atom is 0.257 e. The Balaban J connectivity index is 1.68. The van der Waals surface area contributed by atoms with Crippen molar-refractivity contribution < 1.29 is 22.7 Å². The van der Waals surface area contributed by atoms with Crippen molar-refractivity contribution in [2.24, 2.45) is 5.92 Å². The SMILES string of the molecule is CC(=O)N1CCCCCN(C)C(=O)c2cc(S(=O)(=O)NCC3CC3)ccc2O[C@H]2CCCC[C@H]21. The zero-order chi connectivity index (χ0) is 24.3. The Bertz CT molecular complexity index is 1010. The Kier molecular flexibility index (Phi) is 7.82. The first-order chi connectivity index (χ1) is 16.3. The van der Waals surface area contributed by atoms with Crippen LogP contribution in [0.2, 0.25) is 0 Å². The van der Waals surface area contributed by atoms with Crippen molar-refractivity contribution in [3.8, 4) is 5.75 Å². The molecule has 1 aromatic rings. The van der Waals surface area contributed by atoms with Gasteiger partial charge in [-0.3, -0.25) is 9.59 Å². The molecule has 2 fully saturated rings. The van der Waals surface area contributed by atoms with Gasteiger partial charge < -0.3 is 14.5 Å². The summed E-state index contributed by atoms with van der Waals surface area (Å²) in [6, 6.07) is 4.52. The van der Waals surface area contributed by atoms with E-state index in [4.69, 9.17) is 4.74 Å². The van der Waals surface area contributed by atoms with E-state index in [0.717, 1.165) is 57.8 Å². The molecule has 2 saturated carbocycles. The van der Waals surface area contributed by atoms with Crippen LogP contribution in [0.1, 0.15) is 75.1 Å². The first kappa shape index (κ1) is 25.0. The number of hydrogen-bond acceptors (Lipinski definition) is 5. The summed E-state index contributed by atoms with van der Waals surface area (Å²) < 4.78 is 34.9. The summed E-state index contributed by atoms with van der Waals surface area (Å²) in [6.45, 7) is 3.28. The smallest absolute Gasteiger partial charge is 0.257 e. The Labute approximate surface area is 203 Å². The third-order valence-corrected chi connectivity index (χ3v) is 8.66. The number of carbonyl (C=O) groups excluding carboxylic acids is 2. The van der Waals surface area contributed by atoms with E-state index in [1.54, 1.807) is 24.9 Å². The maximum absolute atomic E-state index is 13.4. The molecule has 0 saturated heterocycles. The Morgan fingerprint density at radius 1 is 1.06 bits per heavy atom. The van der Waals surface area contributed by atoms with Crippen LogP contribution in [0.15, 0.2) is 23.1 Å². The highest BCUT2D eigenvalue weighted by Gasteiger charge is 2.34. The molecule has 0 aromatic heterocycles. The average Bonchev–Trinajstić information content (AvgIpc) is 3.64. The largest absolute Gasteiger partial charge is 0.487 e. The number of nitrogens with zero attached hydrogens (tertiary/aromatic N) is 2. The number of hydrogen-bond donors (Lipinski definition) is 1. The molecule has 9 heteroatoms. The highest BCUT2D eigenvalue weighted by Crippen LogP contribution is 2.32. The average molecular weight is 492 g/mol. The van der Waals surface area contributed by atoms with E-state index < -0.39 is 10.0 Å². The summed E-state index contributed by atoms with van der Waals surface area (Å²) in [5.74, 6) is 0.598. The summed E-state index contributed by atoms with van der Waals surface area (Å²) in [4.78, 5) is 29.5. The zero-order valence-corrected chi connectivity index (χ0v) is 21.1. The van der Waals surface area contributed by atoms with Crippen LogP contribution in [0.5, 0.6) is 5.75 Å². The fourth-order valence-electron chi connectivity index (χ4n) is 4.99. The van der Waals surface area contributed by atoms with Gasteiger partial charge in [-0.2, -0.15) is 0 Å². The van der Waals surface area contributed by atoms with E-state index in [-0.39, 0.29) is 34.4 Å². The number of ether oxygens (including phenoxy) is 1. The normalized spacial score (nSPS) is 24.7. The molecule has 0 radical (unpaired) electrons. The first-order valence-electron chi connectivity index (χ1n) is 12.6. The van der Waals surface area contributed by atoms with Crippen LogP contribution in [0.3, 0.4) is 0 Å². The molecule has 1 N–H and O–H groups in total. The van der Waals surface area contributed by atoms with Gasteiger partial charge in [-0.05, 0) is 75.5 Å². The van der Waals surface area contributed by atoms with E-state index in [9.17, 15) is 18.0 Å². The fraction of sp³-hybridized carbons (Fsp3) is 0.680. The Morgan fingerprint density at radius 2 is 1.79 bits per heavy atom. The topological polar surface area (TPSA) is 96.0 Å². The summed E-state index contributed by atoms with van der Waals surface area (Å²) in [6.07, 6.45) is 8.16. The third-order valence-electron chi connectivity index (χ3n) is 7.24. The number of rotatable bonds is 4. The summed E-state index contributed by atoms with van der Waals surface area (Å²) >= 11 is 0. The molecular weight excluding hydrogens is 454 g/mol. The molecule has 2 amide bonds. The Hall–Kier alpha value is -2.13. The van der Waals surface area contributed by atoms with Crippen molar-refractivity contribution in [1.82, 2.24) is 14.5 Å². The number of fused-ring (bicyclic) bond motifs is 2. The van der Waals surface area contributed by atoms with Crippen molar-refractivity contribution in [2.75, 3.05) is 26.7 Å². The predicted molar refractivity (Wildman–Crippen MR) is 129 cm³/mol. The third kappa shape index (κ3) is 5.92. The van der Waals surface area contributed by atoms with Gasteiger partial charge in [-0.1, -0.05) is 6.42 Å². The second-order valence-electron chi connectivity index (χ2n) is 9.96. The zero-order valence-electron chi connectivity index (χ0n) is 20.3. The molecule has 4 rings (SSSR count). The molecule has 2 aliphatic carbocycles. The molecule has 1 aromatic carbocycles. The second-order valence-corrected chi connectivity index (χ2v) is 11.7. The van der Waals surface area contributed by atoms with E-state index in [2.05, 4.69) is 4.72 Å². The van der Waals surface area contributed by atoms with E-state index in [1.807, 2.05) is 4.90 Å². The lowest BCUT2D eigenvalue weighted by Crippen LogP contribution is -2.50. The van der Waals surface area contributed by atoms with Gasteiger partial charge in [0.1, 0.15) is 11.9 Å². The van der Waals surface area contributed by atoms with Gasteiger partial charge >= 0.3 is 0 Å². The minimum atomic E-state index is -3.72. The van der Waals surface area contributed by atoms with Crippen LogP contribution in [0.4, 0.5) is 0 Å². The van der Waals surface area contributed by atoms with Gasteiger partial charge in [-0.15, -0.1) is 0 Å². The van der Waals surface area contributed by atoms with Crippen molar-refractivity contribution in [3.63, 3.8) is 0 Å². The summed E-state index contributed by atoms with van der Waals surface area (Å²) in [5, 5.41) is 0. The van der Waals surface area contributed by atoms with E-state index >= 15 is 0 Å². The first-order valence-corrected chi connectivity index (χ1v) is 14.1. The van der Waals surface area contributed by atoms with Crippen LogP contribution in [-0.2, 0) is 14.8 Å². The summed E-state index contributed by atoms with van der Waals surface area (Å²) in [7, 11) is -1.98. The molecule has 8 nitrogen and oxygen atoms in total. The Morgan fingerprint density at radius 3 is 2.53 bits per heavy atom. The lowest BCUT2D eigenvalue weighted by molar-refractivity contribution is -0.134. The molecule has 34 heavy (non-hydrogen) atoms. The lowest BCUT2D eigenvalue weighted by Gasteiger charge is -2.39. The van der Waals surface area contributed by atoms with Crippen molar-refractivity contribution >= 4 is 21.8 Å². The van der Waals surface area contributed by atoms with Gasteiger partial charge in [0.2, 0.25) is 15.9 Å². The molecule has 0 unspecified atom stereocenters. The fourth-order valence-corrected chi connectivity index (χ4v) is 6.13. The van der Waals surface area contributed by atoms with Crippen molar-refractivity contribution in [3.05, 3.63) is 23.8 Å². The molecular formula is C25H37N3O5S.